The minimum absolute atomic E-state index is 0.0383. The number of hydrogen-bond donors (Lipinski definition) is 0. The number of benzene rings is 1. The summed E-state index contributed by atoms with van der Waals surface area (Å²) in [5.74, 6) is -0.996. The van der Waals surface area contributed by atoms with Crippen molar-refractivity contribution in [3.05, 3.63) is 29.6 Å². The molecule has 1 aromatic carbocycles. The summed E-state index contributed by atoms with van der Waals surface area (Å²) in [7, 11) is 6.55. The van der Waals surface area contributed by atoms with Crippen LogP contribution in [0.15, 0.2) is 18.2 Å². The monoisotopic (exact) mass is 222 g/mol. The maximum Gasteiger partial charge on any atom is 0.337 e. The highest BCUT2D eigenvalue weighted by Crippen LogP contribution is 2.19. The molecule has 0 amide bonds. The lowest BCUT2D eigenvalue weighted by Crippen LogP contribution is -2.04. The summed E-state index contributed by atoms with van der Waals surface area (Å²) in [6.45, 7) is 0.318. The SMILES string of the molecule is [B]CCCOc1cc(C(=O)OC)ccc1F. The molecule has 0 aliphatic rings. The van der Waals surface area contributed by atoms with Crippen molar-refractivity contribution in [2.75, 3.05) is 13.7 Å². The van der Waals surface area contributed by atoms with Crippen LogP contribution in [0.5, 0.6) is 5.75 Å². The molecule has 16 heavy (non-hydrogen) atoms. The third kappa shape index (κ3) is 3.26. The molecule has 1 aromatic rings. The van der Waals surface area contributed by atoms with Gasteiger partial charge in [0.1, 0.15) is 0 Å². The molecule has 1 rings (SSSR count). The summed E-state index contributed by atoms with van der Waals surface area (Å²) in [6, 6.07) is 3.83. The van der Waals surface area contributed by atoms with Crippen LogP contribution in [0.3, 0.4) is 0 Å². The average molecular weight is 222 g/mol. The molecule has 0 N–H and O–H groups in total. The number of carbonyl (C=O) groups is 1. The molecule has 0 aliphatic carbocycles. The molecule has 0 saturated heterocycles. The lowest BCUT2D eigenvalue weighted by atomic mass is 10.0. The number of halogens is 1. The van der Waals surface area contributed by atoms with Gasteiger partial charge in [0.25, 0.3) is 0 Å². The van der Waals surface area contributed by atoms with E-state index >= 15 is 0 Å². The summed E-state index contributed by atoms with van der Waals surface area (Å²) in [6.07, 6.45) is 1.10. The first-order valence-corrected chi connectivity index (χ1v) is 4.89. The van der Waals surface area contributed by atoms with Crippen LogP contribution in [-0.2, 0) is 4.74 Å². The van der Waals surface area contributed by atoms with Gasteiger partial charge in [-0.15, -0.1) is 0 Å². The van der Waals surface area contributed by atoms with Gasteiger partial charge in [0.15, 0.2) is 11.6 Å². The number of ether oxygens (including phenoxy) is 2. The lowest BCUT2D eigenvalue weighted by molar-refractivity contribution is 0.0600. The molecule has 0 aromatic heterocycles. The highest BCUT2D eigenvalue weighted by Gasteiger charge is 2.10. The maximum atomic E-state index is 13.3. The van der Waals surface area contributed by atoms with Gasteiger partial charge < -0.3 is 9.47 Å². The van der Waals surface area contributed by atoms with Gasteiger partial charge in [-0.05, 0) is 24.6 Å². The van der Waals surface area contributed by atoms with Crippen LogP contribution < -0.4 is 4.74 Å². The predicted molar refractivity (Wildman–Crippen MR) is 58.4 cm³/mol. The molecule has 0 spiro atoms. The van der Waals surface area contributed by atoms with Gasteiger partial charge in [-0.2, -0.15) is 0 Å². The van der Waals surface area contributed by atoms with E-state index in [1.807, 2.05) is 0 Å². The van der Waals surface area contributed by atoms with Crippen LogP contribution >= 0.6 is 0 Å². The Bertz CT molecular complexity index is 368. The summed E-state index contributed by atoms with van der Waals surface area (Å²) in [4.78, 5) is 11.2. The Balaban J connectivity index is 2.78. The quantitative estimate of drug-likeness (QED) is 0.434. The van der Waals surface area contributed by atoms with Gasteiger partial charge in [0.2, 0.25) is 0 Å². The van der Waals surface area contributed by atoms with Crippen LogP contribution in [0.25, 0.3) is 0 Å². The fourth-order valence-corrected chi connectivity index (χ4v) is 1.12. The van der Waals surface area contributed by atoms with E-state index < -0.39 is 11.8 Å². The molecule has 5 heteroatoms. The van der Waals surface area contributed by atoms with Gasteiger partial charge in [0.05, 0.1) is 27.1 Å². The average Bonchev–Trinajstić information content (AvgIpc) is 2.31. The first kappa shape index (κ1) is 12.6. The van der Waals surface area contributed by atoms with Crippen LogP contribution in [0.1, 0.15) is 16.8 Å². The van der Waals surface area contributed by atoms with E-state index in [0.717, 1.165) is 0 Å². The zero-order valence-corrected chi connectivity index (χ0v) is 9.03. The number of esters is 1. The van der Waals surface area contributed by atoms with Crippen molar-refractivity contribution in [1.29, 1.82) is 0 Å². The minimum Gasteiger partial charge on any atom is -0.491 e. The zero-order chi connectivity index (χ0) is 12.0. The van der Waals surface area contributed by atoms with E-state index in [9.17, 15) is 9.18 Å². The van der Waals surface area contributed by atoms with Gasteiger partial charge in [0, 0.05) is 0 Å². The van der Waals surface area contributed by atoms with Crippen LogP contribution in [0, 0.1) is 5.82 Å². The Hall–Kier alpha value is -1.52. The molecule has 2 radical (unpaired) electrons. The number of hydrogen-bond acceptors (Lipinski definition) is 3. The molecule has 0 atom stereocenters. The van der Waals surface area contributed by atoms with Gasteiger partial charge in [-0.3, -0.25) is 0 Å². The fraction of sp³-hybridized carbons (Fsp3) is 0.364. The van der Waals surface area contributed by atoms with E-state index in [2.05, 4.69) is 4.74 Å². The van der Waals surface area contributed by atoms with E-state index in [4.69, 9.17) is 12.6 Å². The molecular weight excluding hydrogens is 210 g/mol. The van der Waals surface area contributed by atoms with E-state index in [1.165, 1.54) is 25.3 Å². The standard InChI is InChI=1S/C11H12BFO3/c1-15-11(14)8-3-4-9(13)10(7-8)16-6-2-5-12/h3-4,7H,2,5-6H2,1H3. The van der Waals surface area contributed by atoms with Crippen molar-refractivity contribution in [3.63, 3.8) is 0 Å². The van der Waals surface area contributed by atoms with Gasteiger partial charge in [-0.1, -0.05) is 6.32 Å². The van der Waals surface area contributed by atoms with Gasteiger partial charge >= 0.3 is 5.97 Å². The second kappa shape index (κ2) is 6.15. The van der Waals surface area contributed by atoms with Crippen LogP contribution in [0.2, 0.25) is 6.32 Å². The Kier molecular flexibility index (Phi) is 4.83. The molecule has 0 saturated carbocycles. The summed E-state index contributed by atoms with van der Waals surface area (Å²) in [5, 5.41) is 0. The highest BCUT2D eigenvalue weighted by molar-refractivity contribution is 6.08. The smallest absolute Gasteiger partial charge is 0.337 e. The lowest BCUT2D eigenvalue weighted by Gasteiger charge is -2.07. The van der Waals surface area contributed by atoms with Crippen molar-refractivity contribution in [2.24, 2.45) is 0 Å². The fourth-order valence-electron chi connectivity index (χ4n) is 1.12. The van der Waals surface area contributed by atoms with Crippen molar-refractivity contribution >= 4 is 13.8 Å². The Morgan fingerprint density at radius 1 is 1.50 bits per heavy atom. The number of rotatable bonds is 5. The first-order chi connectivity index (χ1) is 7.69. The molecule has 0 fully saturated rings. The van der Waals surface area contributed by atoms with E-state index in [-0.39, 0.29) is 11.3 Å². The second-order valence-corrected chi connectivity index (χ2v) is 3.13. The summed E-state index contributed by atoms with van der Waals surface area (Å²) >= 11 is 0. The number of methoxy groups -OCH3 is 1. The Morgan fingerprint density at radius 2 is 2.25 bits per heavy atom. The zero-order valence-electron chi connectivity index (χ0n) is 9.03. The largest absolute Gasteiger partial charge is 0.491 e. The highest BCUT2D eigenvalue weighted by atomic mass is 19.1. The molecular formula is C11H12BFO3. The van der Waals surface area contributed by atoms with Crippen LogP contribution in [-0.4, -0.2) is 27.5 Å². The number of carbonyl (C=O) groups excluding carboxylic acids is 1. The molecule has 0 bridgehead atoms. The minimum atomic E-state index is -0.524. The Labute approximate surface area is 95.0 Å². The maximum absolute atomic E-state index is 13.3. The molecule has 0 unspecified atom stereocenters. The third-order valence-corrected chi connectivity index (χ3v) is 1.96. The van der Waals surface area contributed by atoms with Crippen molar-refractivity contribution in [2.45, 2.75) is 12.7 Å². The molecule has 0 aliphatic heterocycles. The van der Waals surface area contributed by atoms with Gasteiger partial charge in [-0.25, -0.2) is 9.18 Å². The topological polar surface area (TPSA) is 35.5 Å². The predicted octanol–water partition coefficient (Wildman–Crippen LogP) is 1.97. The van der Waals surface area contributed by atoms with Crippen molar-refractivity contribution < 1.29 is 18.7 Å². The Morgan fingerprint density at radius 3 is 2.88 bits per heavy atom. The van der Waals surface area contributed by atoms with E-state index in [1.54, 1.807) is 0 Å². The van der Waals surface area contributed by atoms with Crippen molar-refractivity contribution in [1.82, 2.24) is 0 Å². The summed E-state index contributed by atoms with van der Waals surface area (Å²) in [5.41, 5.74) is 0.256. The normalized spacial score (nSPS) is 9.88. The molecule has 3 nitrogen and oxygen atoms in total. The molecule has 84 valence electrons. The van der Waals surface area contributed by atoms with Crippen molar-refractivity contribution in [3.8, 4) is 5.75 Å². The first-order valence-electron chi connectivity index (χ1n) is 4.89. The second-order valence-electron chi connectivity index (χ2n) is 3.13. The van der Waals surface area contributed by atoms with E-state index in [0.29, 0.717) is 19.3 Å². The van der Waals surface area contributed by atoms with Crippen LogP contribution in [0.4, 0.5) is 4.39 Å². The molecule has 0 heterocycles. The third-order valence-electron chi connectivity index (χ3n) is 1.96. The summed E-state index contributed by atoms with van der Waals surface area (Å²) < 4.78 is 22.9.